The molecule has 6 heteroatoms. The number of nitrogens with one attached hydrogen (secondary N) is 1. The van der Waals surface area contributed by atoms with E-state index in [2.05, 4.69) is 24.4 Å². The quantitative estimate of drug-likeness (QED) is 0.658. The summed E-state index contributed by atoms with van der Waals surface area (Å²) < 4.78 is 26.8. The topological polar surface area (TPSA) is 66.5 Å². The highest BCUT2D eigenvalue weighted by atomic mass is 32.2. The van der Waals surface area contributed by atoms with Crippen LogP contribution >= 0.6 is 0 Å². The highest BCUT2D eigenvalue weighted by Gasteiger charge is 2.33. The molecule has 0 aliphatic heterocycles. The molecule has 30 heavy (non-hydrogen) atoms. The monoisotopic (exact) mass is 430 g/mol. The highest BCUT2D eigenvalue weighted by molar-refractivity contribution is 7.92. The lowest BCUT2D eigenvalue weighted by atomic mass is 9.99. The number of carbonyl (C=O) groups excluding carboxylic acids is 1. The van der Waals surface area contributed by atoms with E-state index in [1.807, 2.05) is 58.9 Å². The SMILES string of the molecule is CC[C@@H](NC(=O)[C@H](CC)N(c1cc(C)ccc1C)S(C)(=O)=O)c1ccc(C)c(C)c1. The average molecular weight is 431 g/mol. The van der Waals surface area contributed by atoms with Crippen molar-refractivity contribution in [2.45, 2.75) is 66.5 Å². The van der Waals surface area contributed by atoms with Crippen LogP contribution in [0.2, 0.25) is 0 Å². The lowest BCUT2D eigenvalue weighted by molar-refractivity contribution is -0.123. The van der Waals surface area contributed by atoms with E-state index >= 15 is 0 Å². The van der Waals surface area contributed by atoms with E-state index in [0.29, 0.717) is 18.5 Å². The van der Waals surface area contributed by atoms with Crippen molar-refractivity contribution in [3.63, 3.8) is 0 Å². The van der Waals surface area contributed by atoms with E-state index in [4.69, 9.17) is 0 Å². The number of rotatable bonds is 8. The van der Waals surface area contributed by atoms with E-state index in [0.717, 1.165) is 22.9 Å². The number of carbonyl (C=O) groups is 1. The van der Waals surface area contributed by atoms with Gasteiger partial charge in [0.15, 0.2) is 0 Å². The summed E-state index contributed by atoms with van der Waals surface area (Å²) in [6, 6.07) is 10.8. The molecule has 0 aliphatic carbocycles. The molecular formula is C24H34N2O3S. The second kappa shape index (κ2) is 9.65. The summed E-state index contributed by atoms with van der Waals surface area (Å²) in [5, 5.41) is 3.09. The van der Waals surface area contributed by atoms with Gasteiger partial charge in [0, 0.05) is 0 Å². The van der Waals surface area contributed by atoms with E-state index in [9.17, 15) is 13.2 Å². The van der Waals surface area contributed by atoms with Gasteiger partial charge in [0.2, 0.25) is 15.9 Å². The lowest BCUT2D eigenvalue weighted by Crippen LogP contribution is -2.50. The third-order valence-corrected chi connectivity index (χ3v) is 6.76. The predicted octanol–water partition coefficient (Wildman–Crippen LogP) is 4.73. The Morgan fingerprint density at radius 1 is 0.933 bits per heavy atom. The van der Waals surface area contributed by atoms with Gasteiger partial charge in [0.05, 0.1) is 18.0 Å². The van der Waals surface area contributed by atoms with E-state index < -0.39 is 16.1 Å². The van der Waals surface area contributed by atoms with Crippen molar-refractivity contribution in [2.75, 3.05) is 10.6 Å². The van der Waals surface area contributed by atoms with Gasteiger partial charge in [-0.3, -0.25) is 9.10 Å². The molecule has 2 rings (SSSR count). The molecule has 0 fully saturated rings. The van der Waals surface area contributed by atoms with Crippen LogP contribution in [0.15, 0.2) is 36.4 Å². The maximum Gasteiger partial charge on any atom is 0.244 e. The molecule has 164 valence electrons. The first-order chi connectivity index (χ1) is 14.0. The summed E-state index contributed by atoms with van der Waals surface area (Å²) in [7, 11) is -3.66. The summed E-state index contributed by atoms with van der Waals surface area (Å²) in [5.74, 6) is -0.283. The van der Waals surface area contributed by atoms with Crippen LogP contribution in [-0.4, -0.2) is 26.6 Å². The van der Waals surface area contributed by atoms with Crippen LogP contribution in [-0.2, 0) is 14.8 Å². The molecule has 0 aliphatic rings. The molecule has 0 radical (unpaired) electrons. The summed E-state index contributed by atoms with van der Waals surface area (Å²) in [4.78, 5) is 13.3. The van der Waals surface area contributed by atoms with Crippen molar-refractivity contribution >= 4 is 21.6 Å². The summed E-state index contributed by atoms with van der Waals surface area (Å²) in [6.45, 7) is 11.7. The lowest BCUT2D eigenvalue weighted by Gasteiger charge is -2.32. The molecule has 1 N–H and O–H groups in total. The molecule has 0 saturated heterocycles. The molecule has 2 atom stereocenters. The third kappa shape index (κ3) is 5.42. The minimum atomic E-state index is -3.66. The normalized spacial score (nSPS) is 13.6. The number of benzene rings is 2. The summed E-state index contributed by atoms with van der Waals surface area (Å²) >= 11 is 0. The molecule has 1 amide bonds. The standard InChI is InChI=1S/C24H34N2O3S/c1-8-21(20-13-12-17(4)19(6)15-20)25-24(27)22(9-2)26(30(7,28)29)23-14-16(3)10-11-18(23)5/h10-15,21-22H,8-9H2,1-7H3,(H,25,27)/t21-,22+/m1/s1. The van der Waals surface area contributed by atoms with E-state index in [1.165, 1.54) is 15.4 Å². The Morgan fingerprint density at radius 2 is 1.57 bits per heavy atom. The van der Waals surface area contributed by atoms with Crippen molar-refractivity contribution in [3.8, 4) is 0 Å². The fraction of sp³-hybridized carbons (Fsp3) is 0.458. The Balaban J connectivity index is 2.42. The van der Waals surface area contributed by atoms with Crippen molar-refractivity contribution in [3.05, 3.63) is 64.2 Å². The fourth-order valence-corrected chi connectivity index (χ4v) is 4.92. The van der Waals surface area contributed by atoms with Crippen molar-refractivity contribution in [1.82, 2.24) is 5.32 Å². The van der Waals surface area contributed by atoms with Crippen molar-refractivity contribution in [1.29, 1.82) is 0 Å². The molecule has 0 saturated carbocycles. The molecule has 0 bridgehead atoms. The number of aryl methyl sites for hydroxylation is 4. The summed E-state index contributed by atoms with van der Waals surface area (Å²) in [5.41, 5.74) is 5.71. The number of hydrogen-bond acceptors (Lipinski definition) is 3. The zero-order chi connectivity index (χ0) is 22.6. The number of hydrogen-bond donors (Lipinski definition) is 1. The molecule has 0 aromatic heterocycles. The first-order valence-corrected chi connectivity index (χ1v) is 12.3. The van der Waals surface area contributed by atoms with Crippen LogP contribution in [0, 0.1) is 27.7 Å². The van der Waals surface area contributed by atoms with Gasteiger partial charge in [0.1, 0.15) is 6.04 Å². The average Bonchev–Trinajstić information content (AvgIpc) is 2.67. The zero-order valence-electron chi connectivity index (χ0n) is 19.1. The van der Waals surface area contributed by atoms with Crippen LogP contribution in [0.4, 0.5) is 5.69 Å². The molecule has 2 aromatic carbocycles. The Morgan fingerprint density at radius 3 is 2.10 bits per heavy atom. The number of sulfonamides is 1. The van der Waals surface area contributed by atoms with Gasteiger partial charge in [-0.15, -0.1) is 0 Å². The number of amides is 1. The van der Waals surface area contributed by atoms with Crippen LogP contribution in [0.1, 0.15) is 60.5 Å². The Labute approximate surface area is 181 Å². The van der Waals surface area contributed by atoms with Crippen LogP contribution in [0.3, 0.4) is 0 Å². The molecule has 0 heterocycles. The van der Waals surface area contributed by atoms with Crippen LogP contribution in [0.25, 0.3) is 0 Å². The van der Waals surface area contributed by atoms with Crippen LogP contribution < -0.4 is 9.62 Å². The van der Waals surface area contributed by atoms with Gasteiger partial charge in [-0.05, 0) is 74.4 Å². The van der Waals surface area contributed by atoms with Crippen LogP contribution in [0.5, 0.6) is 0 Å². The second-order valence-corrected chi connectivity index (χ2v) is 9.95. The molecule has 0 unspecified atom stereocenters. The van der Waals surface area contributed by atoms with E-state index in [1.54, 1.807) is 0 Å². The summed E-state index contributed by atoms with van der Waals surface area (Å²) in [6.07, 6.45) is 2.24. The predicted molar refractivity (Wildman–Crippen MR) is 124 cm³/mol. The van der Waals surface area contributed by atoms with Gasteiger partial charge >= 0.3 is 0 Å². The minimum absolute atomic E-state index is 0.175. The molecule has 0 spiro atoms. The second-order valence-electron chi connectivity index (χ2n) is 8.09. The van der Waals surface area contributed by atoms with E-state index in [-0.39, 0.29) is 11.9 Å². The molecule has 5 nitrogen and oxygen atoms in total. The van der Waals surface area contributed by atoms with Gasteiger partial charge in [0.25, 0.3) is 0 Å². The Bertz CT molecular complexity index is 1020. The van der Waals surface area contributed by atoms with Gasteiger partial charge in [-0.25, -0.2) is 8.42 Å². The first-order valence-electron chi connectivity index (χ1n) is 10.4. The van der Waals surface area contributed by atoms with Gasteiger partial charge in [-0.1, -0.05) is 44.2 Å². The third-order valence-electron chi connectivity index (χ3n) is 5.59. The highest BCUT2D eigenvalue weighted by Crippen LogP contribution is 2.28. The number of nitrogens with zero attached hydrogens (tertiary/aromatic N) is 1. The molecular weight excluding hydrogens is 396 g/mol. The fourth-order valence-electron chi connectivity index (χ4n) is 3.66. The Kier molecular flexibility index (Phi) is 7.70. The maximum absolute atomic E-state index is 13.3. The van der Waals surface area contributed by atoms with Gasteiger partial charge in [-0.2, -0.15) is 0 Å². The zero-order valence-corrected chi connectivity index (χ0v) is 19.9. The largest absolute Gasteiger partial charge is 0.347 e. The smallest absolute Gasteiger partial charge is 0.244 e. The van der Waals surface area contributed by atoms with Crippen molar-refractivity contribution < 1.29 is 13.2 Å². The number of anilines is 1. The minimum Gasteiger partial charge on any atom is -0.347 e. The Hall–Kier alpha value is -2.34. The first kappa shape index (κ1) is 23.9. The van der Waals surface area contributed by atoms with Gasteiger partial charge < -0.3 is 5.32 Å². The van der Waals surface area contributed by atoms with Crippen molar-refractivity contribution in [2.24, 2.45) is 0 Å². The maximum atomic E-state index is 13.3. The molecule has 2 aromatic rings.